The molecule has 24 heavy (non-hydrogen) atoms. The minimum Gasteiger partial charge on any atom is -0.457 e. The monoisotopic (exact) mass is 329 g/mol. The van der Waals surface area contributed by atoms with Crippen LogP contribution in [-0.4, -0.2) is 18.0 Å². The van der Waals surface area contributed by atoms with Crippen molar-refractivity contribution in [3.05, 3.63) is 59.5 Å². The Morgan fingerprint density at radius 2 is 1.88 bits per heavy atom. The maximum absolute atomic E-state index is 12.4. The Morgan fingerprint density at radius 3 is 2.46 bits per heavy atom. The summed E-state index contributed by atoms with van der Waals surface area (Å²) in [7, 11) is 0. The first-order chi connectivity index (χ1) is 11.5. The van der Waals surface area contributed by atoms with Crippen molar-refractivity contribution in [1.29, 1.82) is 0 Å². The predicted molar refractivity (Wildman–Crippen MR) is 90.4 cm³/mol. The Bertz CT molecular complexity index is 659. The van der Waals surface area contributed by atoms with E-state index in [1.165, 1.54) is 12.3 Å². The molecule has 0 saturated carbocycles. The number of carbonyl (C=O) groups is 2. The molecular weight excluding hydrogens is 306 g/mol. The summed E-state index contributed by atoms with van der Waals surface area (Å²) in [6.07, 6.45) is 1.01. The van der Waals surface area contributed by atoms with Gasteiger partial charge in [0.2, 0.25) is 5.76 Å². The van der Waals surface area contributed by atoms with E-state index in [1.807, 2.05) is 45.0 Å². The van der Waals surface area contributed by atoms with E-state index in [0.29, 0.717) is 13.0 Å². The highest BCUT2D eigenvalue weighted by Gasteiger charge is 2.25. The number of furan rings is 1. The lowest BCUT2D eigenvalue weighted by Crippen LogP contribution is -2.38. The second kappa shape index (κ2) is 8.34. The van der Waals surface area contributed by atoms with Crippen molar-refractivity contribution in [3.63, 3.8) is 0 Å². The smallest absolute Gasteiger partial charge is 0.374 e. The topological polar surface area (TPSA) is 68.5 Å². The molecule has 0 aliphatic heterocycles. The first kappa shape index (κ1) is 17.8. The van der Waals surface area contributed by atoms with Gasteiger partial charge in [-0.1, -0.05) is 43.7 Å². The van der Waals surface area contributed by atoms with E-state index in [4.69, 9.17) is 9.15 Å². The van der Waals surface area contributed by atoms with Gasteiger partial charge in [0.05, 0.1) is 6.26 Å². The largest absolute Gasteiger partial charge is 0.457 e. The van der Waals surface area contributed by atoms with Gasteiger partial charge in [-0.25, -0.2) is 4.79 Å². The fraction of sp³-hybridized carbons (Fsp3) is 0.368. The van der Waals surface area contributed by atoms with Crippen LogP contribution in [0.2, 0.25) is 0 Å². The van der Waals surface area contributed by atoms with E-state index >= 15 is 0 Å². The second-order valence-corrected chi connectivity index (χ2v) is 6.20. The number of aryl methyl sites for hydroxylation is 1. The number of hydrogen-bond donors (Lipinski definition) is 1. The molecular formula is C19H23NO4. The molecule has 5 nitrogen and oxygen atoms in total. The van der Waals surface area contributed by atoms with Crippen LogP contribution in [0, 0.1) is 12.8 Å². The van der Waals surface area contributed by atoms with Crippen LogP contribution in [0.15, 0.2) is 47.1 Å². The minimum atomic E-state index is -0.840. The molecule has 1 amide bonds. The van der Waals surface area contributed by atoms with Gasteiger partial charge in [-0.05, 0) is 37.0 Å². The first-order valence-electron chi connectivity index (χ1n) is 8.03. The maximum atomic E-state index is 12.4. The normalized spacial score (nSPS) is 12.0. The van der Waals surface area contributed by atoms with Gasteiger partial charge in [0, 0.05) is 6.54 Å². The summed E-state index contributed by atoms with van der Waals surface area (Å²) >= 11 is 0. The molecule has 0 fully saturated rings. The molecule has 0 spiro atoms. The Labute approximate surface area is 142 Å². The summed E-state index contributed by atoms with van der Waals surface area (Å²) in [5.74, 6) is -0.625. The van der Waals surface area contributed by atoms with Gasteiger partial charge >= 0.3 is 5.97 Å². The number of benzene rings is 1. The SMILES string of the molecule is Cc1ccc(CNC(=O)[C@@H](CC(C)C)OC(=O)c2ccco2)cc1. The molecule has 5 heteroatoms. The molecule has 1 heterocycles. The molecule has 0 aliphatic rings. The fourth-order valence-corrected chi connectivity index (χ4v) is 2.23. The number of esters is 1. The summed E-state index contributed by atoms with van der Waals surface area (Å²) in [6.45, 7) is 6.35. The maximum Gasteiger partial charge on any atom is 0.374 e. The van der Waals surface area contributed by atoms with E-state index < -0.39 is 12.1 Å². The average Bonchev–Trinajstić information content (AvgIpc) is 3.07. The highest BCUT2D eigenvalue weighted by molar-refractivity contribution is 5.90. The average molecular weight is 329 g/mol. The summed E-state index contributed by atoms with van der Waals surface area (Å²) < 4.78 is 10.3. The van der Waals surface area contributed by atoms with Gasteiger partial charge in [0.15, 0.2) is 6.10 Å². The van der Waals surface area contributed by atoms with Crippen LogP contribution in [0.25, 0.3) is 0 Å². The third-order valence-electron chi connectivity index (χ3n) is 3.54. The van der Waals surface area contributed by atoms with E-state index in [2.05, 4.69) is 5.32 Å². The number of amides is 1. The van der Waals surface area contributed by atoms with Crippen LogP contribution in [0.4, 0.5) is 0 Å². The molecule has 1 aromatic carbocycles. The first-order valence-corrected chi connectivity index (χ1v) is 8.03. The lowest BCUT2D eigenvalue weighted by Gasteiger charge is -2.19. The molecule has 0 radical (unpaired) electrons. The van der Waals surface area contributed by atoms with E-state index in [0.717, 1.165) is 11.1 Å². The van der Waals surface area contributed by atoms with Crippen molar-refractivity contribution >= 4 is 11.9 Å². The molecule has 2 rings (SSSR count). The zero-order chi connectivity index (χ0) is 17.5. The highest BCUT2D eigenvalue weighted by atomic mass is 16.6. The highest BCUT2D eigenvalue weighted by Crippen LogP contribution is 2.13. The zero-order valence-corrected chi connectivity index (χ0v) is 14.2. The number of hydrogen-bond acceptors (Lipinski definition) is 4. The Balaban J connectivity index is 1.96. The van der Waals surface area contributed by atoms with E-state index in [1.54, 1.807) is 6.07 Å². The number of ether oxygens (including phenoxy) is 1. The lowest BCUT2D eigenvalue weighted by atomic mass is 10.1. The summed E-state index contributed by atoms with van der Waals surface area (Å²) in [4.78, 5) is 24.4. The summed E-state index contributed by atoms with van der Waals surface area (Å²) in [5, 5.41) is 2.83. The van der Waals surface area contributed by atoms with Gasteiger partial charge < -0.3 is 14.5 Å². The molecule has 128 valence electrons. The predicted octanol–water partition coefficient (Wildman–Crippen LogP) is 3.48. The van der Waals surface area contributed by atoms with Gasteiger partial charge in [-0.2, -0.15) is 0 Å². The van der Waals surface area contributed by atoms with E-state index in [-0.39, 0.29) is 17.6 Å². The van der Waals surface area contributed by atoms with Crippen molar-refractivity contribution in [2.45, 2.75) is 39.8 Å². The lowest BCUT2D eigenvalue weighted by molar-refractivity contribution is -0.131. The van der Waals surface area contributed by atoms with Gasteiger partial charge in [0.1, 0.15) is 0 Å². The molecule has 0 aliphatic carbocycles. The van der Waals surface area contributed by atoms with Crippen molar-refractivity contribution in [1.82, 2.24) is 5.32 Å². The van der Waals surface area contributed by atoms with Crippen LogP contribution in [0.3, 0.4) is 0 Å². The van der Waals surface area contributed by atoms with Gasteiger partial charge in [0.25, 0.3) is 5.91 Å². The van der Waals surface area contributed by atoms with Crippen molar-refractivity contribution in [2.75, 3.05) is 0 Å². The van der Waals surface area contributed by atoms with E-state index in [9.17, 15) is 9.59 Å². The number of carbonyl (C=O) groups excluding carboxylic acids is 2. The van der Waals surface area contributed by atoms with Gasteiger partial charge in [-0.3, -0.25) is 4.79 Å². The van der Waals surface area contributed by atoms with Crippen molar-refractivity contribution in [2.24, 2.45) is 5.92 Å². The molecule has 0 saturated heterocycles. The Morgan fingerprint density at radius 1 is 1.17 bits per heavy atom. The molecule has 1 aromatic heterocycles. The van der Waals surface area contributed by atoms with Crippen molar-refractivity contribution < 1.29 is 18.7 Å². The third kappa shape index (κ3) is 5.26. The fourth-order valence-electron chi connectivity index (χ4n) is 2.23. The van der Waals surface area contributed by atoms with Crippen LogP contribution >= 0.6 is 0 Å². The van der Waals surface area contributed by atoms with Crippen LogP contribution in [-0.2, 0) is 16.1 Å². The van der Waals surface area contributed by atoms with Crippen LogP contribution in [0.5, 0.6) is 0 Å². The molecule has 0 bridgehead atoms. The molecule has 1 N–H and O–H groups in total. The molecule has 0 unspecified atom stereocenters. The minimum absolute atomic E-state index is 0.0927. The van der Waals surface area contributed by atoms with Crippen LogP contribution in [0.1, 0.15) is 41.9 Å². The summed E-state index contributed by atoms with van der Waals surface area (Å²) in [6, 6.07) is 11.0. The number of nitrogens with one attached hydrogen (secondary N) is 1. The van der Waals surface area contributed by atoms with Crippen molar-refractivity contribution in [3.8, 4) is 0 Å². The summed E-state index contributed by atoms with van der Waals surface area (Å²) in [5.41, 5.74) is 2.16. The standard InChI is InChI=1S/C19H23NO4/c1-13(2)11-17(24-19(22)16-5-4-10-23-16)18(21)20-12-15-8-6-14(3)7-9-15/h4-10,13,17H,11-12H2,1-3H3,(H,20,21)/t17-/m1/s1. The zero-order valence-electron chi connectivity index (χ0n) is 14.2. The Kier molecular flexibility index (Phi) is 6.18. The molecule has 2 aromatic rings. The quantitative estimate of drug-likeness (QED) is 0.790. The second-order valence-electron chi connectivity index (χ2n) is 6.20. The Hall–Kier alpha value is -2.56. The number of rotatable bonds is 7. The van der Waals surface area contributed by atoms with Crippen LogP contribution < -0.4 is 5.32 Å². The molecule has 1 atom stereocenters. The third-order valence-corrected chi connectivity index (χ3v) is 3.54. The van der Waals surface area contributed by atoms with Gasteiger partial charge in [-0.15, -0.1) is 0 Å².